The molecule has 0 spiro atoms. The van der Waals surface area contributed by atoms with Crippen molar-refractivity contribution in [1.82, 2.24) is 4.90 Å². The Morgan fingerprint density at radius 1 is 1.24 bits per heavy atom. The van der Waals surface area contributed by atoms with Gasteiger partial charge in [-0.1, -0.05) is 0 Å². The molecule has 1 aromatic carbocycles. The van der Waals surface area contributed by atoms with Crippen LogP contribution in [0.2, 0.25) is 0 Å². The summed E-state index contributed by atoms with van der Waals surface area (Å²) in [5.41, 5.74) is -0.708. The number of carbonyl (C=O) groups is 1. The summed E-state index contributed by atoms with van der Waals surface area (Å²) in [6.45, 7) is 1.53. The molecule has 7 heteroatoms. The lowest BCUT2D eigenvalue weighted by Gasteiger charge is -2.16. The molecule has 21 heavy (non-hydrogen) atoms. The summed E-state index contributed by atoms with van der Waals surface area (Å²) in [6.07, 6.45) is -3.68. The molecule has 1 N–H and O–H groups in total. The number of aliphatic carboxylic acids is 1. The molecule has 0 aliphatic rings. The predicted molar refractivity (Wildman–Crippen MR) is 71.3 cm³/mol. The lowest BCUT2D eigenvalue weighted by molar-refractivity contribution is -0.138. The van der Waals surface area contributed by atoms with E-state index in [2.05, 4.69) is 0 Å². The minimum absolute atomic E-state index is 0.115. The lowest BCUT2D eigenvalue weighted by atomic mass is 10.2. The Morgan fingerprint density at radius 2 is 1.86 bits per heavy atom. The van der Waals surface area contributed by atoms with Gasteiger partial charge in [0.1, 0.15) is 12.4 Å². The number of carboxylic acids is 1. The molecule has 0 radical (unpaired) electrons. The van der Waals surface area contributed by atoms with Crippen molar-refractivity contribution in [2.24, 2.45) is 0 Å². The first-order chi connectivity index (χ1) is 9.79. The van der Waals surface area contributed by atoms with Crippen LogP contribution in [0.4, 0.5) is 13.2 Å². The zero-order valence-corrected chi connectivity index (χ0v) is 11.7. The monoisotopic (exact) mass is 305 g/mol. The summed E-state index contributed by atoms with van der Waals surface area (Å²) in [4.78, 5) is 12.3. The van der Waals surface area contributed by atoms with Gasteiger partial charge in [0, 0.05) is 13.0 Å². The van der Waals surface area contributed by atoms with E-state index in [0.29, 0.717) is 31.9 Å². The smallest absolute Gasteiger partial charge is 0.416 e. The number of halogens is 3. The van der Waals surface area contributed by atoms with E-state index in [9.17, 15) is 18.0 Å². The number of ether oxygens (including phenoxy) is 1. The highest BCUT2D eigenvalue weighted by Gasteiger charge is 2.29. The Labute approximate surface area is 121 Å². The van der Waals surface area contributed by atoms with Crippen LogP contribution in [0.1, 0.15) is 18.4 Å². The molecule has 0 fully saturated rings. The molecule has 0 saturated heterocycles. The van der Waals surface area contributed by atoms with Gasteiger partial charge in [0.05, 0.1) is 5.56 Å². The van der Waals surface area contributed by atoms with E-state index in [1.54, 1.807) is 0 Å². The van der Waals surface area contributed by atoms with Crippen LogP contribution >= 0.6 is 0 Å². The maximum absolute atomic E-state index is 12.4. The molecule has 0 aliphatic heterocycles. The molecule has 0 amide bonds. The summed E-state index contributed by atoms with van der Waals surface area (Å²) >= 11 is 0. The van der Waals surface area contributed by atoms with Gasteiger partial charge in [-0.25, -0.2) is 0 Å². The Morgan fingerprint density at radius 3 is 2.38 bits per heavy atom. The van der Waals surface area contributed by atoms with Crippen LogP contribution < -0.4 is 4.74 Å². The molecule has 0 heterocycles. The SMILES string of the molecule is CN(CCCC(=O)O)CCOc1ccc(C(F)(F)F)cc1. The molecular weight excluding hydrogens is 287 g/mol. The van der Waals surface area contributed by atoms with Gasteiger partial charge in [0.25, 0.3) is 0 Å². The Balaban J connectivity index is 2.27. The van der Waals surface area contributed by atoms with Gasteiger partial charge >= 0.3 is 12.1 Å². The minimum atomic E-state index is -4.34. The topological polar surface area (TPSA) is 49.8 Å². The Bertz CT molecular complexity index is 446. The van der Waals surface area contributed by atoms with E-state index in [1.807, 2.05) is 11.9 Å². The first-order valence-corrected chi connectivity index (χ1v) is 6.49. The molecule has 0 saturated carbocycles. The predicted octanol–water partition coefficient (Wildman–Crippen LogP) is 2.88. The van der Waals surface area contributed by atoms with Gasteiger partial charge < -0.3 is 14.7 Å². The van der Waals surface area contributed by atoms with Crippen molar-refractivity contribution in [3.63, 3.8) is 0 Å². The van der Waals surface area contributed by atoms with E-state index >= 15 is 0 Å². The van der Waals surface area contributed by atoms with Crippen molar-refractivity contribution in [1.29, 1.82) is 0 Å². The summed E-state index contributed by atoms with van der Waals surface area (Å²) < 4.78 is 42.4. The summed E-state index contributed by atoms with van der Waals surface area (Å²) in [5.74, 6) is -0.452. The fourth-order valence-corrected chi connectivity index (χ4v) is 1.67. The van der Waals surface area contributed by atoms with Gasteiger partial charge in [0.15, 0.2) is 0 Å². The molecule has 1 rings (SSSR count). The fraction of sp³-hybridized carbons (Fsp3) is 0.500. The third-order valence-corrected chi connectivity index (χ3v) is 2.85. The normalized spacial score (nSPS) is 11.7. The van der Waals surface area contributed by atoms with E-state index in [0.717, 1.165) is 12.1 Å². The molecule has 0 unspecified atom stereocenters. The van der Waals surface area contributed by atoms with Gasteiger partial charge in [-0.2, -0.15) is 13.2 Å². The van der Waals surface area contributed by atoms with Crippen molar-refractivity contribution >= 4 is 5.97 Å². The van der Waals surface area contributed by atoms with E-state index in [1.165, 1.54) is 12.1 Å². The molecule has 0 aliphatic carbocycles. The maximum Gasteiger partial charge on any atom is 0.416 e. The van der Waals surface area contributed by atoms with Gasteiger partial charge in [-0.3, -0.25) is 4.79 Å². The molecule has 0 bridgehead atoms. The van der Waals surface area contributed by atoms with E-state index in [4.69, 9.17) is 9.84 Å². The average Bonchev–Trinajstić information content (AvgIpc) is 2.38. The van der Waals surface area contributed by atoms with Crippen LogP contribution in [0.25, 0.3) is 0 Å². The van der Waals surface area contributed by atoms with Crippen molar-refractivity contribution in [2.45, 2.75) is 19.0 Å². The van der Waals surface area contributed by atoms with Gasteiger partial charge in [-0.05, 0) is 44.3 Å². The molecule has 0 atom stereocenters. The third-order valence-electron chi connectivity index (χ3n) is 2.85. The molecule has 0 aromatic heterocycles. The summed E-state index contributed by atoms with van der Waals surface area (Å²) in [7, 11) is 1.83. The largest absolute Gasteiger partial charge is 0.492 e. The zero-order valence-electron chi connectivity index (χ0n) is 11.7. The van der Waals surface area contributed by atoms with Crippen LogP contribution in [-0.2, 0) is 11.0 Å². The number of rotatable bonds is 8. The van der Waals surface area contributed by atoms with Crippen LogP contribution in [0.5, 0.6) is 5.75 Å². The number of alkyl halides is 3. The average molecular weight is 305 g/mol. The fourth-order valence-electron chi connectivity index (χ4n) is 1.67. The first-order valence-electron chi connectivity index (χ1n) is 6.49. The lowest BCUT2D eigenvalue weighted by Crippen LogP contribution is -2.25. The zero-order chi connectivity index (χ0) is 15.9. The van der Waals surface area contributed by atoms with Crippen molar-refractivity contribution in [3.8, 4) is 5.75 Å². The summed E-state index contributed by atoms with van der Waals surface area (Å²) in [5, 5.41) is 8.51. The standard InChI is InChI=1S/C14H18F3NO3/c1-18(8-2-3-13(19)20)9-10-21-12-6-4-11(5-7-12)14(15,16)17/h4-7H,2-3,8-10H2,1H3,(H,19,20). The maximum atomic E-state index is 12.4. The van der Waals surface area contributed by atoms with Gasteiger partial charge in [-0.15, -0.1) is 0 Å². The van der Waals surface area contributed by atoms with Gasteiger partial charge in [0.2, 0.25) is 0 Å². The highest BCUT2D eigenvalue weighted by atomic mass is 19.4. The highest BCUT2D eigenvalue weighted by molar-refractivity contribution is 5.66. The van der Waals surface area contributed by atoms with E-state index in [-0.39, 0.29) is 6.42 Å². The molecule has 4 nitrogen and oxygen atoms in total. The van der Waals surface area contributed by atoms with Crippen LogP contribution in [0, 0.1) is 0 Å². The third kappa shape index (κ3) is 6.99. The Hall–Kier alpha value is -1.76. The number of benzene rings is 1. The number of carboxylic acid groups (broad SMARTS) is 1. The van der Waals surface area contributed by atoms with Crippen molar-refractivity contribution < 1.29 is 27.8 Å². The second-order valence-electron chi connectivity index (χ2n) is 4.67. The quantitative estimate of drug-likeness (QED) is 0.802. The van der Waals surface area contributed by atoms with Crippen molar-refractivity contribution in [2.75, 3.05) is 26.7 Å². The van der Waals surface area contributed by atoms with Crippen molar-refractivity contribution in [3.05, 3.63) is 29.8 Å². The van der Waals surface area contributed by atoms with E-state index < -0.39 is 17.7 Å². The highest BCUT2D eigenvalue weighted by Crippen LogP contribution is 2.30. The minimum Gasteiger partial charge on any atom is -0.492 e. The van der Waals surface area contributed by atoms with Crippen LogP contribution in [0.15, 0.2) is 24.3 Å². The summed E-state index contributed by atoms with van der Waals surface area (Å²) in [6, 6.07) is 4.53. The van der Waals surface area contributed by atoms with Crippen LogP contribution in [-0.4, -0.2) is 42.7 Å². The number of nitrogens with zero attached hydrogens (tertiary/aromatic N) is 1. The molecular formula is C14H18F3NO3. The first kappa shape index (κ1) is 17.3. The Kier molecular flexibility index (Phi) is 6.48. The number of likely N-dealkylation sites (N-methyl/N-ethyl adjacent to an activating group) is 1. The second kappa shape index (κ2) is 7.87. The molecule has 118 valence electrons. The van der Waals surface area contributed by atoms with Crippen LogP contribution in [0.3, 0.4) is 0 Å². The number of hydrogen-bond acceptors (Lipinski definition) is 3. The number of hydrogen-bond donors (Lipinski definition) is 1. The molecule has 1 aromatic rings. The second-order valence-corrected chi connectivity index (χ2v) is 4.67.